The molecule has 7 heteroatoms. The van der Waals surface area contributed by atoms with Crippen molar-refractivity contribution in [3.05, 3.63) is 24.3 Å². The molecule has 0 bridgehead atoms. The van der Waals surface area contributed by atoms with E-state index in [0.717, 1.165) is 0 Å². The summed E-state index contributed by atoms with van der Waals surface area (Å²) < 4.78 is 31.4. The van der Waals surface area contributed by atoms with E-state index in [0.29, 0.717) is 0 Å². The molecular weight excluding hydrogens is 238 g/mol. The Balaban J connectivity index is -0.000000480. The molecule has 0 aromatic rings. The molecule has 0 heterocycles. The quantitative estimate of drug-likeness (QED) is 0.344. The van der Waals surface area contributed by atoms with Gasteiger partial charge in [0.25, 0.3) is 0 Å². The van der Waals surface area contributed by atoms with Crippen LogP contribution in [-0.2, 0) is 10.1 Å². The van der Waals surface area contributed by atoms with Crippen molar-refractivity contribution >= 4 is 10.1 Å². The van der Waals surface area contributed by atoms with E-state index in [1.807, 2.05) is 0 Å². The van der Waals surface area contributed by atoms with Crippen molar-refractivity contribution in [2.75, 3.05) is 0 Å². The smallest absolute Gasteiger partial charge is 0.870 e. The van der Waals surface area contributed by atoms with E-state index < -0.39 is 14.9 Å². The van der Waals surface area contributed by atoms with Crippen LogP contribution in [0.25, 0.3) is 0 Å². The molecule has 1 aliphatic carbocycles. The molecule has 76 valence electrons. The first-order chi connectivity index (χ1) is 5.38. The molecule has 0 aliphatic heterocycles. The first-order valence-corrected chi connectivity index (χ1v) is 5.10. The molecular formula is C8H12Na2O4S. The Morgan fingerprint density at radius 3 is 2.00 bits per heavy atom. The molecule has 2 unspecified atom stereocenters. The zero-order chi connectivity index (χ0) is 9.41. The zero-order valence-electron chi connectivity index (χ0n) is 9.47. The van der Waals surface area contributed by atoms with Gasteiger partial charge in [0.15, 0.2) is 0 Å². The molecule has 0 spiro atoms. The molecule has 1 aliphatic rings. The molecule has 4 nitrogen and oxygen atoms in total. The SMILES string of the molecule is CC1C=CC=CC1(C)S(=O)(=O)[O-].[Na+].[Na+].[OH-]. The third kappa shape index (κ3) is 4.61. The van der Waals surface area contributed by atoms with Gasteiger partial charge in [-0.1, -0.05) is 31.2 Å². The standard InChI is InChI=1S/C8H12O3S.2Na.H2O/c1-7-5-3-4-6-8(7,2)12(9,10)11;;;/h3-7H,1-2H3,(H,9,10,11);;;1H2/q;2*+1;/p-2. The van der Waals surface area contributed by atoms with Crippen LogP contribution in [0.5, 0.6) is 0 Å². The largest absolute Gasteiger partial charge is 1.00 e. The van der Waals surface area contributed by atoms with Gasteiger partial charge in [0, 0.05) is 0 Å². The Labute approximate surface area is 135 Å². The fourth-order valence-electron chi connectivity index (χ4n) is 1.13. The van der Waals surface area contributed by atoms with E-state index >= 15 is 0 Å². The van der Waals surface area contributed by atoms with Crippen molar-refractivity contribution in [3.63, 3.8) is 0 Å². The number of allylic oxidation sites excluding steroid dienone is 3. The average Bonchev–Trinajstić information content (AvgIpc) is 1.93. The Hall–Kier alpha value is 1.35. The Bertz CT molecular complexity index is 337. The van der Waals surface area contributed by atoms with Crippen LogP contribution >= 0.6 is 0 Å². The van der Waals surface area contributed by atoms with Crippen LogP contribution in [0.15, 0.2) is 24.3 Å². The van der Waals surface area contributed by atoms with Gasteiger partial charge in [0.1, 0.15) is 10.1 Å². The Morgan fingerprint density at radius 2 is 1.73 bits per heavy atom. The van der Waals surface area contributed by atoms with E-state index in [1.165, 1.54) is 13.0 Å². The van der Waals surface area contributed by atoms with Gasteiger partial charge in [-0.15, -0.1) is 0 Å². The van der Waals surface area contributed by atoms with E-state index in [1.54, 1.807) is 25.2 Å². The maximum absolute atomic E-state index is 10.9. The van der Waals surface area contributed by atoms with Gasteiger partial charge in [0.2, 0.25) is 0 Å². The van der Waals surface area contributed by atoms with Crippen LogP contribution < -0.4 is 59.1 Å². The van der Waals surface area contributed by atoms with E-state index in [4.69, 9.17) is 0 Å². The number of hydrogen-bond donors (Lipinski definition) is 0. The average molecular weight is 250 g/mol. The minimum atomic E-state index is -4.26. The molecule has 0 aromatic carbocycles. The van der Waals surface area contributed by atoms with E-state index in [2.05, 4.69) is 0 Å². The fourth-order valence-corrected chi connectivity index (χ4v) is 1.91. The summed E-state index contributed by atoms with van der Waals surface area (Å²) in [5.41, 5.74) is 0. The number of hydrogen-bond acceptors (Lipinski definition) is 4. The molecule has 0 radical (unpaired) electrons. The van der Waals surface area contributed by atoms with Gasteiger partial charge in [-0.25, -0.2) is 8.42 Å². The van der Waals surface area contributed by atoms with Crippen molar-refractivity contribution in [2.24, 2.45) is 5.92 Å². The Morgan fingerprint density at radius 1 is 1.27 bits per heavy atom. The molecule has 0 aromatic heterocycles. The van der Waals surface area contributed by atoms with E-state index in [-0.39, 0.29) is 70.5 Å². The normalized spacial score (nSPS) is 28.3. The monoisotopic (exact) mass is 250 g/mol. The molecule has 0 saturated heterocycles. The van der Waals surface area contributed by atoms with Crippen LogP contribution in [0.2, 0.25) is 0 Å². The molecule has 0 fully saturated rings. The summed E-state index contributed by atoms with van der Waals surface area (Å²) in [5.74, 6) is -0.259. The third-order valence-corrected chi connectivity index (χ3v) is 3.97. The summed E-state index contributed by atoms with van der Waals surface area (Å²) >= 11 is 0. The van der Waals surface area contributed by atoms with Crippen LogP contribution in [0, 0.1) is 5.92 Å². The summed E-state index contributed by atoms with van der Waals surface area (Å²) in [6.07, 6.45) is 6.50. The minimum Gasteiger partial charge on any atom is -0.870 e. The van der Waals surface area contributed by atoms with Crippen molar-refractivity contribution < 1.29 is 77.6 Å². The maximum Gasteiger partial charge on any atom is 1.00 e. The Kier molecular flexibility index (Phi) is 11.0. The zero-order valence-corrected chi connectivity index (χ0v) is 14.3. The van der Waals surface area contributed by atoms with Crippen LogP contribution in [0.4, 0.5) is 0 Å². The van der Waals surface area contributed by atoms with Gasteiger partial charge in [0.05, 0.1) is 4.75 Å². The van der Waals surface area contributed by atoms with Crippen LogP contribution in [0.1, 0.15) is 13.8 Å². The van der Waals surface area contributed by atoms with Crippen molar-refractivity contribution in [3.8, 4) is 0 Å². The summed E-state index contributed by atoms with van der Waals surface area (Å²) in [7, 11) is -4.26. The maximum atomic E-state index is 10.9. The van der Waals surface area contributed by atoms with Crippen molar-refractivity contribution in [1.82, 2.24) is 0 Å². The molecule has 1 N–H and O–H groups in total. The second kappa shape index (κ2) is 7.63. The van der Waals surface area contributed by atoms with Gasteiger partial charge < -0.3 is 10.0 Å². The number of rotatable bonds is 1. The fraction of sp³-hybridized carbons (Fsp3) is 0.500. The van der Waals surface area contributed by atoms with Crippen LogP contribution in [0.3, 0.4) is 0 Å². The molecule has 0 saturated carbocycles. The minimum absolute atomic E-state index is 0. The third-order valence-electron chi connectivity index (χ3n) is 2.38. The summed E-state index contributed by atoms with van der Waals surface area (Å²) in [4.78, 5) is 0. The van der Waals surface area contributed by atoms with Gasteiger partial charge in [-0.3, -0.25) is 0 Å². The molecule has 15 heavy (non-hydrogen) atoms. The first-order valence-electron chi connectivity index (χ1n) is 3.69. The van der Waals surface area contributed by atoms with Gasteiger partial charge >= 0.3 is 59.1 Å². The van der Waals surface area contributed by atoms with Gasteiger partial charge in [-0.2, -0.15) is 0 Å². The van der Waals surface area contributed by atoms with Crippen molar-refractivity contribution in [1.29, 1.82) is 0 Å². The predicted molar refractivity (Wildman–Crippen MR) is 47.5 cm³/mol. The van der Waals surface area contributed by atoms with Crippen LogP contribution in [-0.4, -0.2) is 23.2 Å². The molecule has 0 amide bonds. The topological polar surface area (TPSA) is 87.2 Å². The summed E-state index contributed by atoms with van der Waals surface area (Å²) in [6.45, 7) is 3.16. The molecule has 2 atom stereocenters. The van der Waals surface area contributed by atoms with Crippen molar-refractivity contribution in [2.45, 2.75) is 18.6 Å². The summed E-state index contributed by atoms with van der Waals surface area (Å²) in [5, 5.41) is 0. The first kappa shape index (κ1) is 21.6. The molecule has 1 rings (SSSR count). The summed E-state index contributed by atoms with van der Waals surface area (Å²) in [6, 6.07) is 0. The second-order valence-corrected chi connectivity index (χ2v) is 4.96. The van der Waals surface area contributed by atoms with Gasteiger partial charge in [-0.05, 0) is 12.8 Å². The van der Waals surface area contributed by atoms with E-state index in [9.17, 15) is 13.0 Å². The predicted octanol–water partition coefficient (Wildman–Crippen LogP) is -5.12. The second-order valence-electron chi connectivity index (χ2n) is 3.17.